The van der Waals surface area contributed by atoms with Crippen LogP contribution in [0.3, 0.4) is 0 Å². The molecule has 0 unspecified atom stereocenters. The predicted molar refractivity (Wildman–Crippen MR) is 65.0 cm³/mol. The fourth-order valence-electron chi connectivity index (χ4n) is 1.44. The molecule has 0 aliphatic carbocycles. The molecule has 2 heterocycles. The van der Waals surface area contributed by atoms with Crippen molar-refractivity contribution in [1.82, 2.24) is 0 Å². The molecule has 2 nitrogen and oxygen atoms in total. The maximum absolute atomic E-state index is 11.9. The van der Waals surface area contributed by atoms with Crippen LogP contribution in [0.15, 0.2) is 36.5 Å². The van der Waals surface area contributed by atoms with Crippen LogP contribution in [0.25, 0.3) is 0 Å². The van der Waals surface area contributed by atoms with Gasteiger partial charge in [0.25, 0.3) is 0 Å². The molecule has 0 fully saturated rings. The van der Waals surface area contributed by atoms with E-state index in [-0.39, 0.29) is 22.8 Å². The summed E-state index contributed by atoms with van der Waals surface area (Å²) >= 11 is 7.12. The van der Waals surface area contributed by atoms with Gasteiger partial charge >= 0.3 is 0 Å². The zero-order valence-electron chi connectivity index (χ0n) is 9.19. The van der Waals surface area contributed by atoms with E-state index in [1.807, 2.05) is 35.9 Å². The van der Waals surface area contributed by atoms with Crippen LogP contribution in [0.5, 0.6) is 0 Å². The molecule has 0 saturated carbocycles. The highest BCUT2D eigenvalue weighted by molar-refractivity contribution is 7.18. The third-order valence-electron chi connectivity index (χ3n) is 2.33. The third-order valence-corrected chi connectivity index (χ3v) is 3.60. The minimum atomic E-state index is 0. The van der Waals surface area contributed by atoms with E-state index in [1.165, 1.54) is 11.3 Å². The number of hydrogen-bond acceptors (Lipinski definition) is 2. The number of hydrogen-bond donors (Lipinski definition) is 0. The average molecular weight is 333 g/mol. The van der Waals surface area contributed by atoms with Crippen LogP contribution in [-0.2, 0) is 6.54 Å². The Morgan fingerprint density at radius 3 is 2.71 bits per heavy atom. The zero-order chi connectivity index (χ0) is 11.5. The topological polar surface area (TPSA) is 20.9 Å². The Labute approximate surface area is 120 Å². The van der Waals surface area contributed by atoms with Crippen molar-refractivity contribution in [3.8, 4) is 0 Å². The molecule has 90 valence electrons. The van der Waals surface area contributed by atoms with E-state index >= 15 is 0 Å². The van der Waals surface area contributed by atoms with E-state index in [2.05, 4.69) is 0 Å². The molecular formula is C12H11BrClNOS. The van der Waals surface area contributed by atoms with Crippen molar-refractivity contribution in [2.24, 2.45) is 0 Å². The van der Waals surface area contributed by atoms with Gasteiger partial charge in [-0.05, 0) is 12.1 Å². The molecule has 2 aromatic heterocycles. The van der Waals surface area contributed by atoms with Gasteiger partial charge in [-0.25, -0.2) is 0 Å². The van der Waals surface area contributed by atoms with Gasteiger partial charge in [0.2, 0.25) is 12.3 Å². The normalized spacial score (nSPS) is 9.76. The first kappa shape index (κ1) is 14.4. The summed E-state index contributed by atoms with van der Waals surface area (Å²) in [5.41, 5.74) is 1.07. The number of ketones is 1. The highest BCUT2D eigenvalue weighted by Gasteiger charge is 2.15. The Bertz CT molecular complexity index is 527. The number of Topliss-reactive ketones (excluding diaryl/α,β-unsaturated/α-hetero) is 1. The summed E-state index contributed by atoms with van der Waals surface area (Å²) in [6, 6.07) is 9.38. The molecule has 0 saturated heterocycles. The Kier molecular flexibility index (Phi) is 5.31. The SMILES string of the molecule is Cc1cccc[n+]1CC(=O)c1ccc(Cl)s1.[Br-]. The van der Waals surface area contributed by atoms with E-state index in [0.717, 1.165) is 5.69 Å². The zero-order valence-corrected chi connectivity index (χ0v) is 12.3. The molecular weight excluding hydrogens is 322 g/mol. The fourth-order valence-corrected chi connectivity index (χ4v) is 2.41. The van der Waals surface area contributed by atoms with Crippen LogP contribution >= 0.6 is 22.9 Å². The molecule has 2 rings (SSSR count). The summed E-state index contributed by atoms with van der Waals surface area (Å²) < 4.78 is 2.58. The summed E-state index contributed by atoms with van der Waals surface area (Å²) in [4.78, 5) is 12.6. The van der Waals surface area contributed by atoms with Crippen molar-refractivity contribution >= 4 is 28.7 Å². The van der Waals surface area contributed by atoms with Crippen LogP contribution in [0.4, 0.5) is 0 Å². The minimum Gasteiger partial charge on any atom is -1.00 e. The van der Waals surface area contributed by atoms with Crippen LogP contribution in [0.1, 0.15) is 15.4 Å². The lowest BCUT2D eigenvalue weighted by Crippen LogP contribution is -3.00. The molecule has 0 N–H and O–H groups in total. The van der Waals surface area contributed by atoms with Gasteiger partial charge < -0.3 is 17.0 Å². The average Bonchev–Trinajstić information content (AvgIpc) is 2.68. The van der Waals surface area contributed by atoms with Crippen molar-refractivity contribution in [1.29, 1.82) is 0 Å². The highest BCUT2D eigenvalue weighted by Crippen LogP contribution is 2.21. The predicted octanol–water partition coefficient (Wildman–Crippen LogP) is -0.116. The summed E-state index contributed by atoms with van der Waals surface area (Å²) in [6.45, 7) is 2.35. The van der Waals surface area contributed by atoms with Crippen molar-refractivity contribution in [3.05, 3.63) is 51.4 Å². The molecule has 5 heteroatoms. The van der Waals surface area contributed by atoms with Crippen LogP contribution in [-0.4, -0.2) is 5.78 Å². The fraction of sp³-hybridized carbons (Fsp3) is 0.167. The van der Waals surface area contributed by atoms with E-state index in [1.54, 1.807) is 12.1 Å². The second kappa shape index (κ2) is 6.28. The van der Waals surface area contributed by atoms with Crippen molar-refractivity contribution in [3.63, 3.8) is 0 Å². The van der Waals surface area contributed by atoms with Crippen LogP contribution < -0.4 is 21.5 Å². The number of aryl methyl sites for hydroxylation is 1. The van der Waals surface area contributed by atoms with Gasteiger partial charge in [-0.15, -0.1) is 11.3 Å². The lowest BCUT2D eigenvalue weighted by molar-refractivity contribution is -0.689. The van der Waals surface area contributed by atoms with Crippen molar-refractivity contribution < 1.29 is 26.3 Å². The maximum atomic E-state index is 11.9. The Hall–Kier alpha value is -0.710. The van der Waals surface area contributed by atoms with Gasteiger partial charge in [0.15, 0.2) is 11.9 Å². The lowest BCUT2D eigenvalue weighted by Gasteiger charge is -1.97. The first-order valence-corrected chi connectivity index (χ1v) is 6.10. The summed E-state index contributed by atoms with van der Waals surface area (Å²) in [6.07, 6.45) is 1.91. The minimum absolute atomic E-state index is 0. The van der Waals surface area contributed by atoms with Gasteiger partial charge in [-0.3, -0.25) is 4.79 Å². The second-order valence-electron chi connectivity index (χ2n) is 3.50. The molecule has 0 aromatic carbocycles. The number of aromatic nitrogens is 1. The monoisotopic (exact) mass is 331 g/mol. The number of carbonyl (C=O) groups is 1. The van der Waals surface area contributed by atoms with E-state index in [0.29, 0.717) is 15.8 Å². The van der Waals surface area contributed by atoms with Gasteiger partial charge in [-0.1, -0.05) is 17.7 Å². The van der Waals surface area contributed by atoms with E-state index < -0.39 is 0 Å². The number of halogens is 2. The standard InChI is InChI=1S/C12H11ClNOS.BrH/c1-9-4-2-3-7-14(9)8-10(15)11-5-6-12(13)16-11;/h2-7H,8H2,1H3;1H/q+1;/p-1. The number of rotatable bonds is 3. The number of carbonyl (C=O) groups excluding carboxylic acids is 1. The highest BCUT2D eigenvalue weighted by atomic mass is 79.9. The van der Waals surface area contributed by atoms with Gasteiger partial charge in [0.1, 0.15) is 0 Å². The Balaban J connectivity index is 0.00000144. The third kappa shape index (κ3) is 3.63. The van der Waals surface area contributed by atoms with Crippen molar-refractivity contribution in [2.45, 2.75) is 13.5 Å². The molecule has 0 aliphatic heterocycles. The first-order valence-electron chi connectivity index (χ1n) is 4.90. The molecule has 0 bridgehead atoms. The van der Waals surface area contributed by atoms with Crippen molar-refractivity contribution in [2.75, 3.05) is 0 Å². The lowest BCUT2D eigenvalue weighted by atomic mass is 10.3. The number of nitrogens with zero attached hydrogens (tertiary/aromatic N) is 1. The van der Waals surface area contributed by atoms with E-state index in [4.69, 9.17) is 11.6 Å². The molecule has 0 atom stereocenters. The number of pyridine rings is 1. The quantitative estimate of drug-likeness (QED) is 0.567. The number of thiophene rings is 1. The van der Waals surface area contributed by atoms with Crippen LogP contribution in [0.2, 0.25) is 4.34 Å². The summed E-state index contributed by atoms with van der Waals surface area (Å²) in [5, 5.41) is 0. The summed E-state index contributed by atoms with van der Waals surface area (Å²) in [7, 11) is 0. The molecule has 17 heavy (non-hydrogen) atoms. The van der Waals surface area contributed by atoms with Crippen LogP contribution in [0, 0.1) is 6.92 Å². The maximum Gasteiger partial charge on any atom is 0.237 e. The Morgan fingerprint density at radius 1 is 1.35 bits per heavy atom. The molecule has 0 aliphatic rings. The first-order chi connectivity index (χ1) is 7.66. The van der Waals surface area contributed by atoms with Gasteiger partial charge in [0.05, 0.1) is 9.21 Å². The second-order valence-corrected chi connectivity index (χ2v) is 5.21. The smallest absolute Gasteiger partial charge is 0.237 e. The largest absolute Gasteiger partial charge is 1.00 e. The molecule has 2 aromatic rings. The molecule has 0 amide bonds. The molecule has 0 radical (unpaired) electrons. The van der Waals surface area contributed by atoms with Gasteiger partial charge in [0, 0.05) is 19.1 Å². The Morgan fingerprint density at radius 2 is 2.12 bits per heavy atom. The molecule has 0 spiro atoms. The summed E-state index contributed by atoms with van der Waals surface area (Å²) in [5.74, 6) is 0.0937. The van der Waals surface area contributed by atoms with Gasteiger partial charge in [-0.2, -0.15) is 4.57 Å². The van der Waals surface area contributed by atoms with E-state index in [9.17, 15) is 4.79 Å².